The molecule has 1 saturated carbocycles. The van der Waals surface area contributed by atoms with Gasteiger partial charge in [0.1, 0.15) is 6.10 Å². The molecule has 1 fully saturated rings. The quantitative estimate of drug-likeness (QED) is 0.364. The average molecular weight is 279 g/mol. The van der Waals surface area contributed by atoms with Gasteiger partial charge in [-0.2, -0.15) is 5.90 Å². The summed E-state index contributed by atoms with van der Waals surface area (Å²) < 4.78 is 0. The Labute approximate surface area is 119 Å². The Hall–Kier alpha value is -1.61. The highest BCUT2D eigenvalue weighted by Crippen LogP contribution is 2.33. The van der Waals surface area contributed by atoms with E-state index in [4.69, 9.17) is 0 Å². The molecule has 0 aromatic rings. The molecule has 5 heteroatoms. The van der Waals surface area contributed by atoms with Crippen molar-refractivity contribution in [3.8, 4) is 11.8 Å². The van der Waals surface area contributed by atoms with Gasteiger partial charge >= 0.3 is 5.97 Å². The molecule has 1 aliphatic rings. The van der Waals surface area contributed by atoms with Crippen molar-refractivity contribution in [3.63, 3.8) is 0 Å². The summed E-state index contributed by atoms with van der Waals surface area (Å²) in [5.74, 6) is 10.0. The molecule has 0 aromatic carbocycles. The zero-order chi connectivity index (χ0) is 14.8. The molecular formula is C15H21NO4. The van der Waals surface area contributed by atoms with Crippen LogP contribution in [0.15, 0.2) is 24.3 Å². The summed E-state index contributed by atoms with van der Waals surface area (Å²) in [4.78, 5) is 14.7. The fraction of sp³-hybridized carbons (Fsp3) is 0.533. The van der Waals surface area contributed by atoms with Crippen LogP contribution in [-0.4, -0.2) is 28.4 Å². The molecule has 0 spiro atoms. The fourth-order valence-corrected chi connectivity index (χ4v) is 1.60. The van der Waals surface area contributed by atoms with Gasteiger partial charge < -0.3 is 15.1 Å². The number of allylic oxidation sites excluding steroid dienone is 3. The lowest BCUT2D eigenvalue weighted by Crippen LogP contribution is -2.13. The Balaban J connectivity index is 2.17. The third-order valence-corrected chi connectivity index (χ3v) is 2.90. The number of carbonyl (C=O) groups excluding carboxylic acids is 1. The minimum absolute atomic E-state index is 0.0311. The van der Waals surface area contributed by atoms with Crippen molar-refractivity contribution in [1.82, 2.24) is 0 Å². The number of carbonyl (C=O) groups is 1. The first-order chi connectivity index (χ1) is 9.61. The van der Waals surface area contributed by atoms with Crippen LogP contribution in [0.25, 0.3) is 0 Å². The largest absolute Gasteiger partial charge is 0.389 e. The Morgan fingerprint density at radius 2 is 2.15 bits per heavy atom. The summed E-state index contributed by atoms with van der Waals surface area (Å²) in [6.45, 7) is 0. The van der Waals surface area contributed by atoms with Crippen LogP contribution in [0.4, 0.5) is 0 Å². The van der Waals surface area contributed by atoms with E-state index in [1.54, 1.807) is 24.3 Å². The second-order valence-corrected chi connectivity index (χ2v) is 4.82. The van der Waals surface area contributed by atoms with Crippen molar-refractivity contribution >= 4 is 5.97 Å². The topological polar surface area (TPSA) is 92.8 Å². The van der Waals surface area contributed by atoms with Gasteiger partial charge in [0.25, 0.3) is 0 Å². The molecule has 0 heterocycles. The van der Waals surface area contributed by atoms with Crippen molar-refractivity contribution in [1.29, 1.82) is 0 Å². The van der Waals surface area contributed by atoms with Crippen molar-refractivity contribution < 1.29 is 19.8 Å². The van der Waals surface area contributed by atoms with Crippen molar-refractivity contribution in [2.45, 2.75) is 44.3 Å². The lowest BCUT2D eigenvalue weighted by molar-refractivity contribution is -0.144. The predicted molar refractivity (Wildman–Crippen MR) is 74.9 cm³/mol. The molecule has 2 atom stereocenters. The highest BCUT2D eigenvalue weighted by Gasteiger charge is 2.23. The lowest BCUT2D eigenvalue weighted by atomic mass is 10.1. The highest BCUT2D eigenvalue weighted by atomic mass is 16.7. The van der Waals surface area contributed by atoms with Gasteiger partial charge in [-0.1, -0.05) is 42.9 Å². The SMILES string of the molecule is NOC(=O)CC[C@H](O)C#C/C=C/C=C/[C@H](O)CC1CC1. The van der Waals surface area contributed by atoms with Gasteiger partial charge in [0.05, 0.1) is 12.5 Å². The molecule has 5 nitrogen and oxygen atoms in total. The van der Waals surface area contributed by atoms with Crippen LogP contribution in [0.2, 0.25) is 0 Å². The normalized spacial score (nSPS) is 17.8. The highest BCUT2D eigenvalue weighted by molar-refractivity contribution is 5.68. The first kappa shape index (κ1) is 16.4. The number of rotatable bonds is 7. The first-order valence-electron chi connectivity index (χ1n) is 6.72. The van der Waals surface area contributed by atoms with Crippen LogP contribution in [-0.2, 0) is 9.63 Å². The molecule has 0 amide bonds. The predicted octanol–water partition coefficient (Wildman–Crippen LogP) is 0.821. The van der Waals surface area contributed by atoms with Gasteiger partial charge in [0.15, 0.2) is 0 Å². The zero-order valence-electron chi connectivity index (χ0n) is 11.4. The summed E-state index contributed by atoms with van der Waals surface area (Å²) in [6, 6.07) is 0. The van der Waals surface area contributed by atoms with Gasteiger partial charge in [-0.05, 0) is 24.8 Å². The van der Waals surface area contributed by atoms with Crippen LogP contribution in [0.5, 0.6) is 0 Å². The third-order valence-electron chi connectivity index (χ3n) is 2.90. The van der Waals surface area contributed by atoms with Gasteiger partial charge in [0, 0.05) is 0 Å². The molecule has 0 bridgehead atoms. The maximum Gasteiger partial charge on any atom is 0.324 e. The summed E-state index contributed by atoms with van der Waals surface area (Å²) in [6.07, 6.45) is 8.95. The molecule has 20 heavy (non-hydrogen) atoms. The minimum Gasteiger partial charge on any atom is -0.389 e. The van der Waals surface area contributed by atoms with Gasteiger partial charge in [-0.25, -0.2) is 0 Å². The summed E-state index contributed by atoms with van der Waals surface area (Å²) >= 11 is 0. The average Bonchev–Trinajstić information content (AvgIpc) is 3.23. The second kappa shape index (κ2) is 9.32. The smallest absolute Gasteiger partial charge is 0.324 e. The standard InChI is InChI=1S/C15H21NO4/c16-20-15(19)10-9-13(17)5-3-1-2-4-6-14(18)11-12-7-8-12/h1-2,4,6,12-14,17-18H,7-11,16H2/b2-1+,6-4+/t13-,14+/m1/s1. The van der Waals surface area contributed by atoms with Crippen molar-refractivity contribution in [2.24, 2.45) is 11.8 Å². The lowest BCUT2D eigenvalue weighted by Gasteiger charge is -2.01. The van der Waals surface area contributed by atoms with Crippen LogP contribution in [0.3, 0.4) is 0 Å². The molecule has 4 N–H and O–H groups in total. The zero-order valence-corrected chi connectivity index (χ0v) is 11.4. The van der Waals surface area contributed by atoms with E-state index >= 15 is 0 Å². The number of aliphatic hydroxyl groups excluding tert-OH is 2. The van der Waals surface area contributed by atoms with E-state index in [9.17, 15) is 15.0 Å². The van der Waals surface area contributed by atoms with Crippen LogP contribution < -0.4 is 5.90 Å². The first-order valence-corrected chi connectivity index (χ1v) is 6.72. The monoisotopic (exact) mass is 279 g/mol. The molecule has 0 saturated heterocycles. The van der Waals surface area contributed by atoms with Gasteiger partial charge in [0.2, 0.25) is 0 Å². The van der Waals surface area contributed by atoms with Gasteiger partial charge in [-0.15, -0.1) is 0 Å². The molecule has 0 aliphatic heterocycles. The van der Waals surface area contributed by atoms with E-state index in [0.717, 1.165) is 6.42 Å². The Morgan fingerprint density at radius 1 is 1.40 bits per heavy atom. The minimum atomic E-state index is -0.886. The number of aliphatic hydroxyl groups is 2. The van der Waals surface area contributed by atoms with Crippen molar-refractivity contribution in [3.05, 3.63) is 24.3 Å². The van der Waals surface area contributed by atoms with Crippen LogP contribution in [0.1, 0.15) is 32.1 Å². The second-order valence-electron chi connectivity index (χ2n) is 4.82. The maximum atomic E-state index is 10.7. The number of hydrogen-bond acceptors (Lipinski definition) is 5. The van der Waals surface area contributed by atoms with Crippen molar-refractivity contribution in [2.75, 3.05) is 0 Å². The molecular weight excluding hydrogens is 258 g/mol. The summed E-state index contributed by atoms with van der Waals surface area (Å²) in [5.41, 5.74) is 0. The van der Waals surface area contributed by atoms with E-state index in [2.05, 4.69) is 22.6 Å². The molecule has 0 radical (unpaired) electrons. The van der Waals surface area contributed by atoms with E-state index < -0.39 is 18.2 Å². The molecule has 1 aliphatic carbocycles. The Kier molecular flexibility index (Phi) is 7.66. The summed E-state index contributed by atoms with van der Waals surface area (Å²) in [5, 5.41) is 19.0. The van der Waals surface area contributed by atoms with E-state index in [1.807, 2.05) is 0 Å². The van der Waals surface area contributed by atoms with Crippen LogP contribution in [0, 0.1) is 17.8 Å². The number of nitrogens with two attached hydrogens (primary N) is 1. The maximum absolute atomic E-state index is 10.7. The Bertz CT molecular complexity index is 415. The fourth-order valence-electron chi connectivity index (χ4n) is 1.60. The number of hydrogen-bond donors (Lipinski definition) is 3. The molecule has 1 rings (SSSR count). The van der Waals surface area contributed by atoms with E-state index in [-0.39, 0.29) is 12.8 Å². The third kappa shape index (κ3) is 8.48. The van der Waals surface area contributed by atoms with E-state index in [0.29, 0.717) is 5.92 Å². The Morgan fingerprint density at radius 3 is 2.80 bits per heavy atom. The van der Waals surface area contributed by atoms with E-state index in [1.165, 1.54) is 12.8 Å². The summed E-state index contributed by atoms with van der Waals surface area (Å²) in [7, 11) is 0. The van der Waals surface area contributed by atoms with Gasteiger partial charge in [-0.3, -0.25) is 4.79 Å². The molecule has 0 aromatic heterocycles. The molecule has 110 valence electrons. The van der Waals surface area contributed by atoms with Crippen LogP contribution >= 0.6 is 0 Å². The molecule has 0 unspecified atom stereocenters.